The molecule has 1 aliphatic rings. The summed E-state index contributed by atoms with van der Waals surface area (Å²) in [5, 5.41) is 2.06. The van der Waals surface area contributed by atoms with Gasteiger partial charge in [0.2, 0.25) is 11.8 Å². The monoisotopic (exact) mass is 286 g/mol. The van der Waals surface area contributed by atoms with Gasteiger partial charge >= 0.3 is 0 Å². The fourth-order valence-corrected chi connectivity index (χ4v) is 2.03. The van der Waals surface area contributed by atoms with Crippen LogP contribution in [0, 0.1) is 17.5 Å². The van der Waals surface area contributed by atoms with Crippen molar-refractivity contribution < 1.29 is 22.8 Å². The molecule has 1 N–H and O–H groups in total. The Balaban J connectivity index is 1.98. The molecule has 0 atom stereocenters. The van der Waals surface area contributed by atoms with Crippen LogP contribution in [0.15, 0.2) is 12.1 Å². The zero-order valence-corrected chi connectivity index (χ0v) is 10.6. The Kier molecular flexibility index (Phi) is 4.26. The van der Waals surface area contributed by atoms with Crippen LogP contribution < -0.4 is 5.32 Å². The molecule has 4 nitrogen and oxygen atoms in total. The number of amides is 2. The average molecular weight is 286 g/mol. The van der Waals surface area contributed by atoms with E-state index >= 15 is 0 Å². The maximum atomic E-state index is 13.3. The summed E-state index contributed by atoms with van der Waals surface area (Å²) >= 11 is 0. The number of carbonyl (C=O) groups is 2. The van der Waals surface area contributed by atoms with E-state index in [9.17, 15) is 22.8 Å². The lowest BCUT2D eigenvalue weighted by atomic mass is 10.2. The predicted octanol–water partition coefficient (Wildman–Crippen LogP) is 2.05. The minimum atomic E-state index is -1.66. The van der Waals surface area contributed by atoms with E-state index < -0.39 is 35.5 Å². The highest BCUT2D eigenvalue weighted by molar-refractivity contribution is 6.03. The SMILES string of the molecule is O=C(CC(=O)N1CCCC1)Nc1ccc(F)c(F)c1F. The number of likely N-dealkylation sites (tertiary alicyclic amines) is 1. The zero-order valence-electron chi connectivity index (χ0n) is 10.6. The van der Waals surface area contributed by atoms with E-state index in [-0.39, 0.29) is 5.91 Å². The molecular weight excluding hydrogens is 273 g/mol. The molecule has 1 aromatic rings. The molecule has 108 valence electrons. The Bertz CT molecular complexity index is 543. The van der Waals surface area contributed by atoms with Crippen LogP contribution in [-0.2, 0) is 9.59 Å². The second kappa shape index (κ2) is 5.94. The number of rotatable bonds is 3. The van der Waals surface area contributed by atoms with Gasteiger partial charge in [-0.1, -0.05) is 0 Å². The third-order valence-electron chi connectivity index (χ3n) is 3.08. The van der Waals surface area contributed by atoms with E-state index in [1.54, 1.807) is 4.90 Å². The number of halogens is 3. The van der Waals surface area contributed by atoms with Crippen LogP contribution in [0.5, 0.6) is 0 Å². The van der Waals surface area contributed by atoms with Gasteiger partial charge in [0.1, 0.15) is 6.42 Å². The van der Waals surface area contributed by atoms with Crippen molar-refractivity contribution in [2.45, 2.75) is 19.3 Å². The molecule has 0 radical (unpaired) electrons. The van der Waals surface area contributed by atoms with Crippen molar-refractivity contribution in [1.29, 1.82) is 0 Å². The van der Waals surface area contributed by atoms with Gasteiger partial charge in [-0.2, -0.15) is 0 Å². The Morgan fingerprint density at radius 1 is 1.10 bits per heavy atom. The fourth-order valence-electron chi connectivity index (χ4n) is 2.03. The molecule has 1 heterocycles. The van der Waals surface area contributed by atoms with Gasteiger partial charge in [-0.25, -0.2) is 13.2 Å². The van der Waals surface area contributed by atoms with Crippen molar-refractivity contribution in [3.05, 3.63) is 29.6 Å². The molecular formula is C13H13F3N2O2. The number of anilines is 1. The van der Waals surface area contributed by atoms with Gasteiger partial charge in [0.15, 0.2) is 17.5 Å². The highest BCUT2D eigenvalue weighted by Crippen LogP contribution is 2.20. The highest BCUT2D eigenvalue weighted by atomic mass is 19.2. The number of nitrogens with one attached hydrogen (secondary N) is 1. The molecule has 7 heteroatoms. The largest absolute Gasteiger partial charge is 0.342 e. The topological polar surface area (TPSA) is 49.4 Å². The number of carbonyl (C=O) groups excluding carboxylic acids is 2. The minimum Gasteiger partial charge on any atom is -0.342 e. The molecule has 1 aliphatic heterocycles. The quantitative estimate of drug-likeness (QED) is 0.683. The van der Waals surface area contributed by atoms with Gasteiger partial charge in [0.05, 0.1) is 5.69 Å². The highest BCUT2D eigenvalue weighted by Gasteiger charge is 2.21. The third kappa shape index (κ3) is 3.09. The van der Waals surface area contributed by atoms with Crippen LogP contribution >= 0.6 is 0 Å². The van der Waals surface area contributed by atoms with Gasteiger partial charge in [-0.05, 0) is 25.0 Å². The lowest BCUT2D eigenvalue weighted by Crippen LogP contribution is -2.31. The van der Waals surface area contributed by atoms with Crippen molar-refractivity contribution in [3.8, 4) is 0 Å². The van der Waals surface area contributed by atoms with Crippen LogP contribution in [0.3, 0.4) is 0 Å². The summed E-state index contributed by atoms with van der Waals surface area (Å²) in [6.07, 6.45) is 1.34. The van der Waals surface area contributed by atoms with Gasteiger partial charge < -0.3 is 10.2 Å². The second-order valence-corrected chi connectivity index (χ2v) is 4.54. The van der Waals surface area contributed by atoms with Crippen LogP contribution in [-0.4, -0.2) is 29.8 Å². The molecule has 1 saturated heterocycles. The van der Waals surface area contributed by atoms with Gasteiger partial charge in [-0.3, -0.25) is 9.59 Å². The van der Waals surface area contributed by atoms with E-state index in [1.165, 1.54) is 0 Å². The molecule has 1 fully saturated rings. The molecule has 0 unspecified atom stereocenters. The van der Waals surface area contributed by atoms with Crippen molar-refractivity contribution in [2.24, 2.45) is 0 Å². The normalized spacial score (nSPS) is 14.4. The lowest BCUT2D eigenvalue weighted by Gasteiger charge is -2.15. The Morgan fingerprint density at radius 2 is 1.75 bits per heavy atom. The van der Waals surface area contributed by atoms with Crippen molar-refractivity contribution in [1.82, 2.24) is 4.90 Å². The number of benzene rings is 1. The fraction of sp³-hybridized carbons (Fsp3) is 0.385. The van der Waals surface area contributed by atoms with E-state index in [2.05, 4.69) is 5.32 Å². The summed E-state index contributed by atoms with van der Waals surface area (Å²) < 4.78 is 39.0. The Hall–Kier alpha value is -2.05. The summed E-state index contributed by atoms with van der Waals surface area (Å²) in [6, 6.07) is 1.61. The summed E-state index contributed by atoms with van der Waals surface area (Å²) in [5.74, 6) is -5.59. The first kappa shape index (κ1) is 14.4. The van der Waals surface area contributed by atoms with E-state index in [0.29, 0.717) is 19.2 Å². The lowest BCUT2D eigenvalue weighted by molar-refractivity contribution is -0.133. The first-order valence-electron chi connectivity index (χ1n) is 6.20. The number of hydrogen-bond acceptors (Lipinski definition) is 2. The smallest absolute Gasteiger partial charge is 0.233 e. The Labute approximate surface area is 113 Å². The standard InChI is InChI=1S/C13H13F3N2O2/c14-8-3-4-9(13(16)12(8)15)17-10(19)7-11(20)18-5-1-2-6-18/h3-4H,1-2,5-7H2,(H,17,19). The average Bonchev–Trinajstić information content (AvgIpc) is 2.93. The minimum absolute atomic E-state index is 0.358. The third-order valence-corrected chi connectivity index (χ3v) is 3.08. The maximum Gasteiger partial charge on any atom is 0.233 e. The van der Waals surface area contributed by atoms with E-state index in [1.807, 2.05) is 0 Å². The molecule has 0 bridgehead atoms. The zero-order chi connectivity index (χ0) is 14.7. The Morgan fingerprint density at radius 3 is 2.40 bits per heavy atom. The van der Waals surface area contributed by atoms with Gasteiger partial charge in [-0.15, -0.1) is 0 Å². The van der Waals surface area contributed by atoms with Crippen LogP contribution in [0.25, 0.3) is 0 Å². The van der Waals surface area contributed by atoms with E-state index in [0.717, 1.165) is 18.9 Å². The van der Waals surface area contributed by atoms with Crippen LogP contribution in [0.2, 0.25) is 0 Å². The van der Waals surface area contributed by atoms with Crippen molar-refractivity contribution in [2.75, 3.05) is 18.4 Å². The summed E-state index contributed by atoms with van der Waals surface area (Å²) in [5.41, 5.74) is -0.483. The molecule has 2 amide bonds. The first-order valence-corrected chi connectivity index (χ1v) is 6.20. The van der Waals surface area contributed by atoms with Gasteiger partial charge in [0.25, 0.3) is 0 Å². The molecule has 2 rings (SSSR count). The summed E-state index contributed by atoms with van der Waals surface area (Å²) in [4.78, 5) is 24.8. The van der Waals surface area contributed by atoms with Gasteiger partial charge in [0, 0.05) is 13.1 Å². The predicted molar refractivity (Wildman–Crippen MR) is 65.4 cm³/mol. The maximum absolute atomic E-state index is 13.3. The summed E-state index contributed by atoms with van der Waals surface area (Å²) in [7, 11) is 0. The van der Waals surface area contributed by atoms with E-state index in [4.69, 9.17) is 0 Å². The summed E-state index contributed by atoms with van der Waals surface area (Å²) in [6.45, 7) is 1.21. The van der Waals surface area contributed by atoms with Crippen LogP contribution in [0.1, 0.15) is 19.3 Å². The molecule has 1 aromatic carbocycles. The molecule has 0 aromatic heterocycles. The molecule has 0 spiro atoms. The van der Waals surface area contributed by atoms with Crippen molar-refractivity contribution >= 4 is 17.5 Å². The number of hydrogen-bond donors (Lipinski definition) is 1. The van der Waals surface area contributed by atoms with Crippen LogP contribution in [0.4, 0.5) is 18.9 Å². The van der Waals surface area contributed by atoms with Crippen molar-refractivity contribution in [3.63, 3.8) is 0 Å². The second-order valence-electron chi connectivity index (χ2n) is 4.54. The first-order chi connectivity index (χ1) is 9.49. The number of nitrogens with zero attached hydrogens (tertiary/aromatic N) is 1. The molecule has 0 aliphatic carbocycles. The molecule has 0 saturated carbocycles. The molecule has 20 heavy (non-hydrogen) atoms.